The Balaban J connectivity index is 2.03. The summed E-state index contributed by atoms with van der Waals surface area (Å²) in [6, 6.07) is 15.1. The maximum Gasteiger partial charge on any atom is 0.216 e. The number of hydrogen-bond acceptors (Lipinski definition) is 4. The number of aliphatic hydroxyl groups is 1. The molecule has 0 spiro atoms. The maximum absolute atomic E-state index is 12.0. The average Bonchev–Trinajstić information content (AvgIpc) is 3.62. The van der Waals surface area contributed by atoms with E-state index in [9.17, 15) is 21.0 Å². The van der Waals surface area contributed by atoms with E-state index in [0.29, 0.717) is 0 Å². The van der Waals surface area contributed by atoms with Gasteiger partial charge in [0.2, 0.25) is 11.8 Å². The van der Waals surface area contributed by atoms with Crippen molar-refractivity contribution in [1.82, 2.24) is 5.32 Å². The lowest BCUT2D eigenvalue weighted by Gasteiger charge is -2.43. The number of nitriles is 2. The summed E-state index contributed by atoms with van der Waals surface area (Å²) in [5.74, 6) is 1.28. The van der Waals surface area contributed by atoms with Gasteiger partial charge in [0.25, 0.3) is 0 Å². The average molecular weight is 474 g/mol. The Morgan fingerprint density at radius 1 is 1.19 bits per heavy atom. The first-order valence-electron chi connectivity index (χ1n) is 9.98. The molecule has 1 fully saturated rings. The van der Waals surface area contributed by atoms with Crippen LogP contribution in [-0.4, -0.2) is 16.7 Å². The van der Waals surface area contributed by atoms with E-state index >= 15 is 0 Å². The molecule has 31 heavy (non-hydrogen) atoms. The van der Waals surface area contributed by atoms with Crippen LogP contribution in [0.4, 0.5) is 0 Å². The third-order valence-corrected chi connectivity index (χ3v) is 6.56. The summed E-state index contributed by atoms with van der Waals surface area (Å²) in [5.41, 5.74) is 0.669. The van der Waals surface area contributed by atoms with Gasteiger partial charge in [0.1, 0.15) is 6.07 Å². The molecule has 154 valence electrons. The predicted molar refractivity (Wildman–Crippen MR) is 118 cm³/mol. The number of rotatable bonds is 4. The SMILES string of the molecule is Cc1cc[n+]([C@H]2[C@@H](c3ccc(Br)cc3)C(C#N)=C(C(=C=[N-])C#N)N[C@]2(O)C2CC2)cc1. The largest absolute Gasteiger partial charge is 0.762 e. The van der Waals surface area contributed by atoms with Crippen molar-refractivity contribution in [2.24, 2.45) is 5.92 Å². The van der Waals surface area contributed by atoms with Gasteiger partial charge in [0.05, 0.1) is 28.8 Å². The first-order valence-corrected chi connectivity index (χ1v) is 10.8. The number of nitrogens with one attached hydrogen (secondary N) is 1. The predicted octanol–water partition coefficient (Wildman–Crippen LogP) is 3.54. The van der Waals surface area contributed by atoms with Crippen molar-refractivity contribution in [2.45, 2.75) is 37.5 Å². The summed E-state index contributed by atoms with van der Waals surface area (Å²) < 4.78 is 2.82. The van der Waals surface area contributed by atoms with Crippen LogP contribution in [0.5, 0.6) is 0 Å². The smallest absolute Gasteiger partial charge is 0.216 e. The van der Waals surface area contributed by atoms with E-state index in [1.54, 1.807) is 0 Å². The van der Waals surface area contributed by atoms with Crippen LogP contribution in [-0.2, 0) is 0 Å². The first-order chi connectivity index (χ1) is 14.9. The molecule has 2 heterocycles. The summed E-state index contributed by atoms with van der Waals surface area (Å²) >= 11 is 3.45. The summed E-state index contributed by atoms with van der Waals surface area (Å²) in [4.78, 5) is 0. The topological polar surface area (TPSA) is 106 Å². The third-order valence-electron chi connectivity index (χ3n) is 6.04. The van der Waals surface area contributed by atoms with Gasteiger partial charge < -0.3 is 15.8 Å². The quantitative estimate of drug-likeness (QED) is 0.402. The number of benzene rings is 1. The van der Waals surface area contributed by atoms with Gasteiger partial charge in [-0.05, 0) is 43.0 Å². The Hall–Kier alpha value is -3.22. The Labute approximate surface area is 189 Å². The molecule has 0 saturated heterocycles. The van der Waals surface area contributed by atoms with Crippen LogP contribution < -0.4 is 9.88 Å². The third kappa shape index (κ3) is 3.69. The highest BCUT2D eigenvalue weighted by molar-refractivity contribution is 9.10. The number of allylic oxidation sites excluding steroid dienone is 2. The molecule has 3 atom stereocenters. The maximum atomic E-state index is 12.0. The zero-order valence-corrected chi connectivity index (χ0v) is 18.5. The molecule has 6 nitrogen and oxygen atoms in total. The molecule has 1 aromatic heterocycles. The number of pyridine rings is 1. The molecular formula is C24H20BrN5O. The van der Waals surface area contributed by atoms with Crippen LogP contribution in [0.2, 0.25) is 0 Å². The van der Waals surface area contributed by atoms with Crippen molar-refractivity contribution in [3.8, 4) is 12.1 Å². The highest BCUT2D eigenvalue weighted by atomic mass is 79.9. The fourth-order valence-corrected chi connectivity index (χ4v) is 4.62. The molecule has 1 aliphatic heterocycles. The van der Waals surface area contributed by atoms with Gasteiger partial charge in [0.15, 0.2) is 12.4 Å². The van der Waals surface area contributed by atoms with Crippen LogP contribution in [0.15, 0.2) is 70.1 Å². The second-order valence-corrected chi connectivity index (χ2v) is 8.94. The molecule has 4 rings (SSSR count). The van der Waals surface area contributed by atoms with Gasteiger partial charge in [-0.15, -0.1) is 0 Å². The summed E-state index contributed by atoms with van der Waals surface area (Å²) in [6.45, 7) is 1.99. The molecule has 0 amide bonds. The zero-order valence-electron chi connectivity index (χ0n) is 16.9. The van der Waals surface area contributed by atoms with Crippen LogP contribution in [0.3, 0.4) is 0 Å². The van der Waals surface area contributed by atoms with E-state index in [-0.39, 0.29) is 22.8 Å². The lowest BCUT2D eigenvalue weighted by atomic mass is 9.74. The van der Waals surface area contributed by atoms with E-state index in [1.807, 2.05) is 72.2 Å². The minimum atomic E-state index is -1.42. The normalized spacial score (nSPS) is 25.1. The highest BCUT2D eigenvalue weighted by Crippen LogP contribution is 2.52. The van der Waals surface area contributed by atoms with Gasteiger partial charge in [-0.1, -0.05) is 28.1 Å². The van der Waals surface area contributed by atoms with Crippen LogP contribution in [0.1, 0.15) is 35.9 Å². The number of aryl methyl sites for hydroxylation is 1. The highest BCUT2D eigenvalue weighted by Gasteiger charge is 2.61. The molecule has 1 aromatic carbocycles. The molecule has 2 N–H and O–H groups in total. The fraction of sp³-hybridized carbons (Fsp3) is 0.292. The molecule has 7 heteroatoms. The Kier molecular flexibility index (Phi) is 5.52. The van der Waals surface area contributed by atoms with Crippen LogP contribution >= 0.6 is 15.9 Å². The monoisotopic (exact) mass is 473 g/mol. The van der Waals surface area contributed by atoms with Crippen molar-refractivity contribution in [1.29, 1.82) is 10.5 Å². The van der Waals surface area contributed by atoms with Gasteiger partial charge in [-0.3, -0.25) is 0 Å². The zero-order chi connectivity index (χ0) is 22.2. The van der Waals surface area contributed by atoms with Gasteiger partial charge in [-0.25, -0.2) is 5.87 Å². The fourth-order valence-electron chi connectivity index (χ4n) is 4.35. The van der Waals surface area contributed by atoms with Crippen molar-refractivity contribution in [2.75, 3.05) is 0 Å². The minimum Gasteiger partial charge on any atom is -0.762 e. The molecule has 1 aliphatic carbocycles. The van der Waals surface area contributed by atoms with Crippen molar-refractivity contribution < 1.29 is 9.67 Å². The number of nitrogens with zero attached hydrogens (tertiary/aromatic N) is 4. The van der Waals surface area contributed by atoms with Crippen molar-refractivity contribution >= 4 is 21.8 Å². The van der Waals surface area contributed by atoms with E-state index < -0.39 is 17.7 Å². The number of halogens is 1. The lowest BCUT2D eigenvalue weighted by molar-refractivity contribution is -0.742. The number of hydrogen-bond donors (Lipinski definition) is 2. The first kappa shape index (κ1) is 21.0. The van der Waals surface area contributed by atoms with Crippen molar-refractivity contribution in [3.63, 3.8) is 0 Å². The molecule has 0 unspecified atom stereocenters. The second-order valence-electron chi connectivity index (χ2n) is 8.02. The number of aromatic nitrogens is 1. The summed E-state index contributed by atoms with van der Waals surface area (Å²) in [7, 11) is 0. The summed E-state index contributed by atoms with van der Waals surface area (Å²) in [6.07, 6.45) is 5.45. The molecule has 2 aliphatic rings. The molecular weight excluding hydrogens is 454 g/mol. The molecule has 0 bridgehead atoms. The van der Waals surface area contributed by atoms with Gasteiger partial charge >= 0.3 is 0 Å². The van der Waals surface area contributed by atoms with E-state index in [1.165, 1.54) is 0 Å². The Bertz CT molecular complexity index is 1180. The van der Waals surface area contributed by atoms with E-state index in [2.05, 4.69) is 27.3 Å². The Morgan fingerprint density at radius 2 is 1.84 bits per heavy atom. The lowest BCUT2D eigenvalue weighted by Crippen LogP contribution is -2.66. The van der Waals surface area contributed by atoms with Crippen LogP contribution in [0, 0.1) is 35.5 Å². The standard InChI is InChI=1S/C24H20BrN5O/c1-15-8-10-30(11-9-15)23-21(16-2-6-19(25)7-3-16)20(14-28)22(17(12-26)13-27)29-24(23,31)18-4-5-18/h2-3,6-11,18,21,23,29,31H,4-5H2,1H3/t21-,23-,24-/m0/s1. The molecule has 0 radical (unpaired) electrons. The molecule has 1 saturated carbocycles. The van der Waals surface area contributed by atoms with Gasteiger partial charge in [0, 0.05) is 22.5 Å². The van der Waals surface area contributed by atoms with E-state index in [0.717, 1.165) is 28.4 Å². The van der Waals surface area contributed by atoms with Crippen molar-refractivity contribution in [3.05, 3.63) is 86.6 Å². The van der Waals surface area contributed by atoms with E-state index in [4.69, 9.17) is 0 Å². The minimum absolute atomic E-state index is 0.0573. The second kappa shape index (κ2) is 8.13. The summed E-state index contributed by atoms with van der Waals surface area (Å²) in [5, 5.41) is 44.3. The van der Waals surface area contributed by atoms with Crippen LogP contribution in [0.25, 0.3) is 5.41 Å². The Morgan fingerprint density at radius 3 is 2.35 bits per heavy atom. The van der Waals surface area contributed by atoms with Gasteiger partial charge in [-0.2, -0.15) is 15.1 Å². The molecule has 2 aromatic rings.